The Morgan fingerprint density at radius 2 is 1.87 bits per heavy atom. The van der Waals surface area contributed by atoms with Crippen LogP contribution >= 0.6 is 0 Å². The molecule has 0 unspecified atom stereocenters. The summed E-state index contributed by atoms with van der Waals surface area (Å²) in [4.78, 5) is 24.0. The van der Waals surface area contributed by atoms with Crippen LogP contribution < -0.4 is 5.73 Å². The van der Waals surface area contributed by atoms with Crippen molar-refractivity contribution >= 4 is 11.8 Å². The molecule has 86 valence electrons. The summed E-state index contributed by atoms with van der Waals surface area (Å²) < 4.78 is 4.82. The summed E-state index contributed by atoms with van der Waals surface area (Å²) in [5.74, 6) is -0.502. The van der Waals surface area contributed by atoms with Crippen molar-refractivity contribution in [1.82, 2.24) is 4.90 Å². The van der Waals surface area contributed by atoms with E-state index >= 15 is 0 Å². The number of carbonyl (C=O) groups is 2. The fourth-order valence-electron chi connectivity index (χ4n) is 1.29. The first kappa shape index (κ1) is 12.1. The average molecular weight is 214 g/mol. The summed E-state index contributed by atoms with van der Waals surface area (Å²) in [6.45, 7) is 5.03. The normalized spacial score (nSPS) is 18.5. The summed E-state index contributed by atoms with van der Waals surface area (Å²) in [6.07, 6.45) is 0.723. The van der Waals surface area contributed by atoms with Gasteiger partial charge >= 0.3 is 0 Å². The van der Waals surface area contributed by atoms with Crippen LogP contribution in [0.5, 0.6) is 0 Å². The molecular weight excluding hydrogens is 196 g/mol. The van der Waals surface area contributed by atoms with Crippen LogP contribution in [0.25, 0.3) is 0 Å². The molecule has 1 saturated heterocycles. The highest BCUT2D eigenvalue weighted by atomic mass is 16.5. The van der Waals surface area contributed by atoms with Crippen molar-refractivity contribution in [2.75, 3.05) is 26.3 Å². The van der Waals surface area contributed by atoms with Crippen LogP contribution in [0.3, 0.4) is 0 Å². The number of nitrogens with zero attached hydrogens (tertiary/aromatic N) is 1. The lowest BCUT2D eigenvalue weighted by atomic mass is 9.89. The standard InChI is InChI=1S/C10H18N2O3/c1-10(2,7-11)3-4-12-8(13)5-15-6-9(12)14/h3-7,11H2,1-2H3. The highest BCUT2D eigenvalue weighted by molar-refractivity contribution is 5.98. The van der Waals surface area contributed by atoms with Gasteiger partial charge in [0.25, 0.3) is 11.8 Å². The fourth-order valence-corrected chi connectivity index (χ4v) is 1.29. The van der Waals surface area contributed by atoms with Gasteiger partial charge in [-0.05, 0) is 18.4 Å². The largest absolute Gasteiger partial charge is 0.362 e. The molecule has 1 fully saturated rings. The molecule has 0 atom stereocenters. The minimum atomic E-state index is -0.251. The topological polar surface area (TPSA) is 72.6 Å². The van der Waals surface area contributed by atoms with Gasteiger partial charge in [0.1, 0.15) is 13.2 Å². The van der Waals surface area contributed by atoms with E-state index in [2.05, 4.69) is 0 Å². The lowest BCUT2D eigenvalue weighted by Gasteiger charge is -2.29. The molecule has 0 saturated carbocycles. The van der Waals surface area contributed by atoms with E-state index in [1.807, 2.05) is 13.8 Å². The predicted molar refractivity (Wildman–Crippen MR) is 55.0 cm³/mol. The molecule has 2 amide bonds. The van der Waals surface area contributed by atoms with E-state index in [1.165, 1.54) is 4.90 Å². The first-order valence-electron chi connectivity index (χ1n) is 5.07. The van der Waals surface area contributed by atoms with Crippen LogP contribution in [0.15, 0.2) is 0 Å². The van der Waals surface area contributed by atoms with E-state index in [0.29, 0.717) is 13.1 Å². The number of ether oxygens (including phenoxy) is 1. The third kappa shape index (κ3) is 3.28. The second-order valence-corrected chi connectivity index (χ2v) is 4.55. The Kier molecular flexibility index (Phi) is 3.82. The van der Waals surface area contributed by atoms with Crippen molar-refractivity contribution in [3.05, 3.63) is 0 Å². The molecule has 1 aliphatic rings. The monoisotopic (exact) mass is 214 g/mol. The van der Waals surface area contributed by atoms with Crippen molar-refractivity contribution in [3.63, 3.8) is 0 Å². The Morgan fingerprint density at radius 1 is 1.33 bits per heavy atom. The van der Waals surface area contributed by atoms with Gasteiger partial charge in [-0.3, -0.25) is 14.5 Å². The number of hydrogen-bond donors (Lipinski definition) is 1. The zero-order valence-corrected chi connectivity index (χ0v) is 9.28. The molecule has 5 nitrogen and oxygen atoms in total. The molecule has 2 N–H and O–H groups in total. The number of nitrogens with two attached hydrogens (primary N) is 1. The molecule has 0 radical (unpaired) electrons. The number of rotatable bonds is 4. The Hall–Kier alpha value is -0.940. The van der Waals surface area contributed by atoms with E-state index in [9.17, 15) is 9.59 Å². The highest BCUT2D eigenvalue weighted by Gasteiger charge is 2.28. The van der Waals surface area contributed by atoms with Crippen molar-refractivity contribution in [3.8, 4) is 0 Å². The molecular formula is C10H18N2O3. The Labute approximate surface area is 89.6 Å². The maximum Gasteiger partial charge on any atom is 0.255 e. The predicted octanol–water partition coefficient (Wildman–Crippen LogP) is -0.253. The van der Waals surface area contributed by atoms with E-state index in [0.717, 1.165) is 6.42 Å². The quantitative estimate of drug-likeness (QED) is 0.655. The van der Waals surface area contributed by atoms with E-state index in [1.54, 1.807) is 0 Å². The lowest BCUT2D eigenvalue weighted by molar-refractivity contribution is -0.158. The number of imide groups is 1. The average Bonchev–Trinajstić information content (AvgIpc) is 2.17. The van der Waals surface area contributed by atoms with Gasteiger partial charge in [0.15, 0.2) is 0 Å². The van der Waals surface area contributed by atoms with Crippen LogP contribution in [0.4, 0.5) is 0 Å². The van der Waals surface area contributed by atoms with Crippen molar-refractivity contribution in [1.29, 1.82) is 0 Å². The summed E-state index contributed by atoms with van der Waals surface area (Å²) in [5.41, 5.74) is 5.54. The summed E-state index contributed by atoms with van der Waals surface area (Å²) in [6, 6.07) is 0. The van der Waals surface area contributed by atoms with Crippen LogP contribution in [0.1, 0.15) is 20.3 Å². The van der Waals surface area contributed by atoms with Gasteiger partial charge in [0.2, 0.25) is 0 Å². The van der Waals surface area contributed by atoms with Crippen molar-refractivity contribution in [2.45, 2.75) is 20.3 Å². The van der Waals surface area contributed by atoms with Crippen LogP contribution in [0.2, 0.25) is 0 Å². The Balaban J connectivity index is 2.49. The third-order valence-electron chi connectivity index (χ3n) is 2.62. The van der Waals surface area contributed by atoms with Crippen molar-refractivity contribution in [2.24, 2.45) is 11.1 Å². The highest BCUT2D eigenvalue weighted by Crippen LogP contribution is 2.19. The van der Waals surface area contributed by atoms with Crippen molar-refractivity contribution < 1.29 is 14.3 Å². The Bertz CT molecular complexity index is 247. The molecule has 0 spiro atoms. The third-order valence-corrected chi connectivity index (χ3v) is 2.62. The van der Waals surface area contributed by atoms with Crippen LogP contribution in [-0.4, -0.2) is 43.0 Å². The molecule has 0 aliphatic carbocycles. The molecule has 0 aromatic heterocycles. The van der Waals surface area contributed by atoms with Gasteiger partial charge < -0.3 is 10.5 Å². The van der Waals surface area contributed by atoms with Gasteiger partial charge in [-0.1, -0.05) is 13.8 Å². The molecule has 1 rings (SSSR count). The smallest absolute Gasteiger partial charge is 0.255 e. The maximum absolute atomic E-state index is 11.4. The number of hydrogen-bond acceptors (Lipinski definition) is 4. The molecule has 0 bridgehead atoms. The molecule has 1 aliphatic heterocycles. The summed E-state index contributed by atoms with van der Waals surface area (Å²) in [7, 11) is 0. The van der Waals surface area contributed by atoms with E-state index in [-0.39, 0.29) is 30.4 Å². The lowest BCUT2D eigenvalue weighted by Crippen LogP contribution is -2.47. The van der Waals surface area contributed by atoms with Crippen LogP contribution in [0, 0.1) is 5.41 Å². The van der Waals surface area contributed by atoms with Gasteiger partial charge in [0.05, 0.1) is 0 Å². The first-order chi connectivity index (χ1) is 6.96. The summed E-state index contributed by atoms with van der Waals surface area (Å²) >= 11 is 0. The zero-order chi connectivity index (χ0) is 11.5. The molecule has 15 heavy (non-hydrogen) atoms. The second-order valence-electron chi connectivity index (χ2n) is 4.55. The first-order valence-corrected chi connectivity index (χ1v) is 5.07. The SMILES string of the molecule is CC(C)(CN)CCN1C(=O)COCC1=O. The van der Waals surface area contributed by atoms with Gasteiger partial charge in [-0.25, -0.2) is 0 Å². The number of morpholine rings is 1. The molecule has 5 heteroatoms. The molecule has 0 aromatic rings. The fraction of sp³-hybridized carbons (Fsp3) is 0.800. The second kappa shape index (κ2) is 4.72. The molecule has 1 heterocycles. The zero-order valence-electron chi connectivity index (χ0n) is 9.28. The van der Waals surface area contributed by atoms with Gasteiger partial charge in [-0.2, -0.15) is 0 Å². The maximum atomic E-state index is 11.4. The Morgan fingerprint density at radius 3 is 2.33 bits per heavy atom. The van der Waals surface area contributed by atoms with Gasteiger partial charge in [-0.15, -0.1) is 0 Å². The molecule has 0 aromatic carbocycles. The minimum absolute atomic E-state index is 0.00872. The minimum Gasteiger partial charge on any atom is -0.362 e. The van der Waals surface area contributed by atoms with E-state index in [4.69, 9.17) is 10.5 Å². The number of carbonyl (C=O) groups excluding carboxylic acids is 2. The van der Waals surface area contributed by atoms with E-state index < -0.39 is 0 Å². The van der Waals surface area contributed by atoms with Gasteiger partial charge in [0, 0.05) is 6.54 Å². The summed E-state index contributed by atoms with van der Waals surface area (Å²) in [5, 5.41) is 0. The number of amides is 2. The van der Waals surface area contributed by atoms with Crippen LogP contribution in [-0.2, 0) is 14.3 Å².